The highest BCUT2D eigenvalue weighted by atomic mass is 127. The van der Waals surface area contributed by atoms with E-state index in [2.05, 4.69) is 65.4 Å². The summed E-state index contributed by atoms with van der Waals surface area (Å²) in [6.07, 6.45) is 2.21. The molecule has 2 N–H and O–H groups in total. The molecule has 1 aliphatic carbocycles. The van der Waals surface area contributed by atoms with E-state index in [1.54, 1.807) is 11.3 Å². The molecule has 1 aromatic heterocycles. The second-order valence-corrected chi connectivity index (χ2v) is 6.63. The average molecular weight is 441 g/mol. The van der Waals surface area contributed by atoms with Crippen molar-refractivity contribution in [2.45, 2.75) is 31.7 Å². The highest BCUT2D eigenvalue weighted by Gasteiger charge is 2.38. The van der Waals surface area contributed by atoms with Crippen molar-refractivity contribution < 1.29 is 0 Å². The topological polar surface area (TPSA) is 36.4 Å². The number of thiophene rings is 1. The minimum absolute atomic E-state index is 0. The lowest BCUT2D eigenvalue weighted by molar-refractivity contribution is 0.793. The Morgan fingerprint density at radius 1 is 1.22 bits per heavy atom. The van der Waals surface area contributed by atoms with Crippen LogP contribution in [0.15, 0.2) is 52.8 Å². The van der Waals surface area contributed by atoms with E-state index in [4.69, 9.17) is 4.99 Å². The zero-order chi connectivity index (χ0) is 15.2. The summed E-state index contributed by atoms with van der Waals surface area (Å²) in [5.41, 5.74) is 1.43. The van der Waals surface area contributed by atoms with Crippen molar-refractivity contribution in [3.63, 3.8) is 0 Å². The first kappa shape index (κ1) is 18.3. The molecular formula is C18H24IN3S. The number of nitrogens with one attached hydrogen (secondary N) is 2. The van der Waals surface area contributed by atoms with Crippen LogP contribution in [0, 0.1) is 0 Å². The zero-order valence-electron chi connectivity index (χ0n) is 13.4. The van der Waals surface area contributed by atoms with Gasteiger partial charge in [0, 0.05) is 36.3 Å². The Morgan fingerprint density at radius 2 is 2.04 bits per heavy atom. The summed E-state index contributed by atoms with van der Waals surface area (Å²) in [7, 11) is 0. The number of hydrogen-bond donors (Lipinski definition) is 2. The van der Waals surface area contributed by atoms with Crippen molar-refractivity contribution >= 4 is 41.3 Å². The third-order valence-electron chi connectivity index (χ3n) is 3.89. The fourth-order valence-electron chi connectivity index (χ4n) is 2.65. The monoisotopic (exact) mass is 441 g/mol. The summed E-state index contributed by atoms with van der Waals surface area (Å²) in [6, 6.07) is 15.5. The molecule has 0 amide bonds. The number of rotatable bonds is 6. The molecule has 1 aliphatic rings. The van der Waals surface area contributed by atoms with Crippen LogP contribution in [0.25, 0.3) is 0 Å². The van der Waals surface area contributed by atoms with Crippen molar-refractivity contribution in [1.29, 1.82) is 0 Å². The van der Waals surface area contributed by atoms with Gasteiger partial charge in [0.2, 0.25) is 0 Å². The van der Waals surface area contributed by atoms with Crippen molar-refractivity contribution in [3.05, 3.63) is 58.3 Å². The fourth-order valence-corrected chi connectivity index (χ4v) is 3.35. The van der Waals surface area contributed by atoms with Crippen LogP contribution in [0.4, 0.5) is 0 Å². The maximum Gasteiger partial charge on any atom is 0.191 e. The summed E-state index contributed by atoms with van der Waals surface area (Å²) in [4.78, 5) is 6.09. The lowest BCUT2D eigenvalue weighted by Crippen LogP contribution is -2.39. The van der Waals surface area contributed by atoms with Gasteiger partial charge in [0.25, 0.3) is 0 Å². The van der Waals surface area contributed by atoms with Crippen molar-refractivity contribution in [1.82, 2.24) is 10.6 Å². The molecule has 2 unspecified atom stereocenters. The Hall–Kier alpha value is -1.08. The molecule has 0 bridgehead atoms. The van der Waals surface area contributed by atoms with Gasteiger partial charge in [-0.1, -0.05) is 36.4 Å². The summed E-state index contributed by atoms with van der Waals surface area (Å²) in [5.74, 6) is 1.57. The zero-order valence-corrected chi connectivity index (χ0v) is 16.5. The smallest absolute Gasteiger partial charge is 0.191 e. The normalized spacial score (nSPS) is 19.8. The summed E-state index contributed by atoms with van der Waals surface area (Å²) >= 11 is 1.80. The van der Waals surface area contributed by atoms with Gasteiger partial charge < -0.3 is 10.6 Å². The maximum absolute atomic E-state index is 4.70. The van der Waals surface area contributed by atoms with E-state index >= 15 is 0 Å². The first-order chi connectivity index (χ1) is 10.9. The van der Waals surface area contributed by atoms with E-state index in [1.807, 2.05) is 0 Å². The van der Waals surface area contributed by atoms with Crippen molar-refractivity contribution in [2.75, 3.05) is 13.1 Å². The molecule has 3 nitrogen and oxygen atoms in total. The fraction of sp³-hybridized carbons (Fsp3) is 0.389. The standard InChI is InChI=1S/C18H23N3S.HI/c1-2-19-18(20-11-10-15-9-6-12-22-15)21-17-13-16(17)14-7-4-3-5-8-14;/h3-9,12,16-17H,2,10-11,13H2,1H3,(H2,19,20,21);1H. The number of aliphatic imine (C=N–C) groups is 1. The van der Waals surface area contributed by atoms with Crippen LogP contribution in [0.2, 0.25) is 0 Å². The Labute approximate surface area is 159 Å². The first-order valence-corrected chi connectivity index (χ1v) is 8.87. The summed E-state index contributed by atoms with van der Waals surface area (Å²) in [6.45, 7) is 3.84. The van der Waals surface area contributed by atoms with Crippen LogP contribution in [0.3, 0.4) is 0 Å². The van der Waals surface area contributed by atoms with E-state index in [0.29, 0.717) is 12.0 Å². The highest BCUT2D eigenvalue weighted by molar-refractivity contribution is 14.0. The Balaban J connectivity index is 0.00000192. The number of nitrogens with zero attached hydrogens (tertiary/aromatic N) is 1. The molecule has 0 spiro atoms. The Morgan fingerprint density at radius 3 is 2.74 bits per heavy atom. The number of benzene rings is 1. The van der Waals surface area contributed by atoms with E-state index in [0.717, 1.165) is 25.5 Å². The number of halogens is 1. The van der Waals surface area contributed by atoms with E-state index in [1.165, 1.54) is 16.9 Å². The molecule has 5 heteroatoms. The molecule has 0 radical (unpaired) electrons. The minimum atomic E-state index is 0. The van der Waals surface area contributed by atoms with Gasteiger partial charge in [-0.15, -0.1) is 35.3 Å². The molecule has 0 saturated heterocycles. The van der Waals surface area contributed by atoms with Crippen molar-refractivity contribution in [2.24, 2.45) is 4.99 Å². The van der Waals surface area contributed by atoms with Gasteiger partial charge in [0.1, 0.15) is 0 Å². The molecule has 2 aromatic rings. The lowest BCUT2D eigenvalue weighted by atomic mass is 10.1. The minimum Gasteiger partial charge on any atom is -0.357 e. The van der Waals surface area contributed by atoms with Gasteiger partial charge in [0.15, 0.2) is 5.96 Å². The summed E-state index contributed by atoms with van der Waals surface area (Å²) in [5, 5.41) is 9.03. The van der Waals surface area contributed by atoms with Crippen LogP contribution in [-0.4, -0.2) is 25.1 Å². The number of hydrogen-bond acceptors (Lipinski definition) is 2. The highest BCUT2D eigenvalue weighted by Crippen LogP contribution is 2.40. The predicted molar refractivity (Wildman–Crippen MR) is 110 cm³/mol. The molecular weight excluding hydrogens is 417 g/mol. The van der Waals surface area contributed by atoms with E-state index in [-0.39, 0.29) is 24.0 Å². The second kappa shape index (κ2) is 9.27. The molecule has 2 atom stereocenters. The van der Waals surface area contributed by atoms with Gasteiger partial charge >= 0.3 is 0 Å². The molecule has 3 rings (SSSR count). The third-order valence-corrected chi connectivity index (χ3v) is 4.83. The van der Waals surface area contributed by atoms with Gasteiger partial charge in [-0.25, -0.2) is 0 Å². The van der Waals surface area contributed by atoms with Crippen molar-refractivity contribution in [3.8, 4) is 0 Å². The Bertz CT molecular complexity index is 598. The second-order valence-electron chi connectivity index (χ2n) is 5.59. The molecule has 1 aromatic carbocycles. The van der Waals surface area contributed by atoms with E-state index < -0.39 is 0 Å². The average Bonchev–Trinajstić information content (AvgIpc) is 3.11. The van der Waals surface area contributed by atoms with Gasteiger partial charge in [-0.3, -0.25) is 4.99 Å². The molecule has 23 heavy (non-hydrogen) atoms. The van der Waals surface area contributed by atoms with Gasteiger partial charge in [-0.2, -0.15) is 0 Å². The molecule has 124 valence electrons. The van der Waals surface area contributed by atoms with Crippen LogP contribution < -0.4 is 10.6 Å². The molecule has 1 heterocycles. The quantitative estimate of drug-likeness (QED) is 0.404. The van der Waals surface area contributed by atoms with E-state index in [9.17, 15) is 0 Å². The third kappa shape index (κ3) is 5.49. The molecule has 1 fully saturated rings. The maximum atomic E-state index is 4.70. The van der Waals surface area contributed by atoms with Crippen LogP contribution in [-0.2, 0) is 6.42 Å². The molecule has 0 aliphatic heterocycles. The van der Waals surface area contributed by atoms with Gasteiger partial charge in [-0.05, 0) is 30.4 Å². The lowest BCUT2D eigenvalue weighted by Gasteiger charge is -2.11. The number of guanidine groups is 1. The predicted octanol–water partition coefficient (Wildman–Crippen LogP) is 4.02. The Kier molecular flexibility index (Phi) is 7.36. The van der Waals surface area contributed by atoms with Crippen LogP contribution in [0.5, 0.6) is 0 Å². The largest absolute Gasteiger partial charge is 0.357 e. The van der Waals surface area contributed by atoms with Gasteiger partial charge in [0.05, 0.1) is 0 Å². The van der Waals surface area contributed by atoms with Crippen LogP contribution >= 0.6 is 35.3 Å². The first-order valence-electron chi connectivity index (χ1n) is 7.99. The van der Waals surface area contributed by atoms with Crippen LogP contribution in [0.1, 0.15) is 29.7 Å². The summed E-state index contributed by atoms with van der Waals surface area (Å²) < 4.78 is 0. The SMILES string of the molecule is CCNC(=NCCc1cccs1)NC1CC1c1ccccc1.I. The molecule has 1 saturated carbocycles.